The van der Waals surface area contributed by atoms with E-state index in [0.717, 1.165) is 0 Å². The monoisotopic (exact) mass is 270 g/mol. The van der Waals surface area contributed by atoms with Crippen LogP contribution in [0.4, 0.5) is 8.78 Å². The van der Waals surface area contributed by atoms with Crippen LogP contribution in [-0.2, 0) is 16.0 Å². The van der Waals surface area contributed by atoms with E-state index in [1.165, 1.54) is 19.1 Å². The van der Waals surface area contributed by atoms with Crippen molar-refractivity contribution in [1.82, 2.24) is 0 Å². The second-order valence-electron chi connectivity index (χ2n) is 4.04. The van der Waals surface area contributed by atoms with E-state index in [9.17, 15) is 18.4 Å². The smallest absolute Gasteiger partial charge is 0.459 e. The molecular weight excluding hydrogens is 258 g/mol. The van der Waals surface area contributed by atoms with E-state index < -0.39 is 12.1 Å². The van der Waals surface area contributed by atoms with Gasteiger partial charge in [0.25, 0.3) is 0 Å². The third-order valence-electron chi connectivity index (χ3n) is 2.79. The van der Waals surface area contributed by atoms with Crippen molar-refractivity contribution < 1.29 is 27.8 Å². The average Bonchev–Trinajstić information content (AvgIpc) is 2.72. The molecule has 0 amide bonds. The topological polar surface area (TPSA) is 52.6 Å². The molecule has 0 fully saturated rings. The van der Waals surface area contributed by atoms with Gasteiger partial charge in [0.05, 0.1) is 6.61 Å². The number of carbonyl (C=O) groups excluding carboxylic acids is 2. The number of rotatable bonds is 4. The molecule has 0 spiro atoms. The number of hydrogen-bond acceptors (Lipinski definition) is 4. The van der Waals surface area contributed by atoms with Crippen LogP contribution in [0.2, 0.25) is 0 Å². The minimum Gasteiger partial charge on any atom is -0.459 e. The second-order valence-corrected chi connectivity index (χ2v) is 4.04. The maximum absolute atomic E-state index is 13.5. The van der Waals surface area contributed by atoms with Crippen molar-refractivity contribution in [3.8, 4) is 5.75 Å². The number of ketones is 1. The molecule has 1 aliphatic rings. The van der Waals surface area contributed by atoms with Crippen molar-refractivity contribution in [1.29, 1.82) is 0 Å². The van der Waals surface area contributed by atoms with Gasteiger partial charge in [0.15, 0.2) is 5.78 Å². The van der Waals surface area contributed by atoms with Crippen LogP contribution in [0.25, 0.3) is 0 Å². The summed E-state index contributed by atoms with van der Waals surface area (Å²) in [5, 5.41) is 0. The lowest BCUT2D eigenvalue weighted by Gasteiger charge is -2.17. The summed E-state index contributed by atoms with van der Waals surface area (Å²) in [5.74, 6) is -2.00. The van der Waals surface area contributed by atoms with E-state index in [0.29, 0.717) is 17.5 Å². The second kappa shape index (κ2) is 4.95. The number of benzene rings is 1. The van der Waals surface area contributed by atoms with Crippen LogP contribution in [-0.4, -0.2) is 24.5 Å². The molecule has 4 nitrogen and oxygen atoms in total. The van der Waals surface area contributed by atoms with E-state index in [1.54, 1.807) is 6.07 Å². The normalized spacial score (nSPS) is 14.2. The SMILES string of the molecule is CCOC(=O)C(F)(F)Oc1cccc2c1CCC2=O. The molecule has 0 unspecified atom stereocenters. The van der Waals surface area contributed by atoms with Crippen LogP contribution in [0.3, 0.4) is 0 Å². The number of esters is 1. The molecule has 0 saturated carbocycles. The lowest BCUT2D eigenvalue weighted by molar-refractivity contribution is -0.216. The summed E-state index contributed by atoms with van der Waals surface area (Å²) in [6, 6.07) is 4.31. The molecule has 1 aliphatic carbocycles. The van der Waals surface area contributed by atoms with Crippen LogP contribution >= 0.6 is 0 Å². The fourth-order valence-electron chi connectivity index (χ4n) is 1.95. The van der Waals surface area contributed by atoms with E-state index >= 15 is 0 Å². The molecule has 0 saturated heterocycles. The van der Waals surface area contributed by atoms with Crippen molar-refractivity contribution in [3.05, 3.63) is 29.3 Å². The summed E-state index contributed by atoms with van der Waals surface area (Å²) in [7, 11) is 0. The molecule has 0 bridgehead atoms. The summed E-state index contributed by atoms with van der Waals surface area (Å²) < 4.78 is 35.6. The van der Waals surface area contributed by atoms with Crippen molar-refractivity contribution >= 4 is 11.8 Å². The van der Waals surface area contributed by atoms with Gasteiger partial charge in [-0.1, -0.05) is 12.1 Å². The number of halogens is 2. The number of hydrogen-bond donors (Lipinski definition) is 0. The first kappa shape index (κ1) is 13.5. The molecular formula is C13H12F2O4. The third-order valence-corrected chi connectivity index (χ3v) is 2.79. The number of alkyl halides is 2. The molecule has 6 heteroatoms. The molecule has 0 aromatic heterocycles. The Morgan fingerprint density at radius 3 is 2.79 bits per heavy atom. The van der Waals surface area contributed by atoms with Gasteiger partial charge < -0.3 is 9.47 Å². The first-order valence-corrected chi connectivity index (χ1v) is 5.85. The summed E-state index contributed by atoms with van der Waals surface area (Å²) in [4.78, 5) is 22.6. The Hall–Kier alpha value is -1.98. The summed E-state index contributed by atoms with van der Waals surface area (Å²) in [5.41, 5.74) is 0.786. The number of Topliss-reactive ketones (excluding diaryl/α,β-unsaturated/α-hetero) is 1. The molecule has 0 radical (unpaired) electrons. The summed E-state index contributed by atoms with van der Waals surface area (Å²) in [6.07, 6.45) is -3.46. The van der Waals surface area contributed by atoms with E-state index in [2.05, 4.69) is 9.47 Å². The van der Waals surface area contributed by atoms with Crippen LogP contribution in [0.5, 0.6) is 5.75 Å². The van der Waals surface area contributed by atoms with Crippen LogP contribution in [0.1, 0.15) is 29.3 Å². The van der Waals surface area contributed by atoms with Crippen molar-refractivity contribution in [2.45, 2.75) is 25.9 Å². The Bertz CT molecular complexity index is 525. The molecule has 1 aromatic carbocycles. The Balaban J connectivity index is 2.25. The third kappa shape index (κ3) is 2.57. The fourth-order valence-corrected chi connectivity index (χ4v) is 1.95. The van der Waals surface area contributed by atoms with Crippen molar-refractivity contribution in [3.63, 3.8) is 0 Å². The summed E-state index contributed by atoms with van der Waals surface area (Å²) in [6.45, 7) is 1.26. The van der Waals surface area contributed by atoms with Gasteiger partial charge in [0.1, 0.15) is 5.75 Å². The molecule has 1 aromatic rings. The van der Waals surface area contributed by atoms with Crippen LogP contribution in [0, 0.1) is 0 Å². The minimum absolute atomic E-state index is 0.111. The van der Waals surface area contributed by atoms with Gasteiger partial charge in [-0.2, -0.15) is 8.78 Å². The standard InChI is InChI=1S/C13H12F2O4/c1-2-18-12(17)13(14,15)19-11-5-3-4-8-9(11)6-7-10(8)16/h3-5H,2,6-7H2,1H3. The predicted octanol–water partition coefficient (Wildman–Crippen LogP) is 2.35. The number of fused-ring (bicyclic) bond motifs is 1. The molecule has 0 N–H and O–H groups in total. The zero-order valence-electron chi connectivity index (χ0n) is 10.2. The number of carbonyl (C=O) groups is 2. The molecule has 0 aliphatic heterocycles. The Morgan fingerprint density at radius 1 is 1.37 bits per heavy atom. The van der Waals surface area contributed by atoms with Gasteiger partial charge in [-0.15, -0.1) is 0 Å². The highest BCUT2D eigenvalue weighted by Gasteiger charge is 2.45. The van der Waals surface area contributed by atoms with Gasteiger partial charge in [-0.25, -0.2) is 4.79 Å². The molecule has 0 atom stereocenters. The van der Waals surface area contributed by atoms with Gasteiger partial charge in [-0.05, 0) is 19.4 Å². The molecule has 2 rings (SSSR count). The van der Waals surface area contributed by atoms with Crippen LogP contribution in [0.15, 0.2) is 18.2 Å². The van der Waals surface area contributed by atoms with Gasteiger partial charge >= 0.3 is 12.1 Å². The van der Waals surface area contributed by atoms with Crippen molar-refractivity contribution in [2.24, 2.45) is 0 Å². The first-order valence-electron chi connectivity index (χ1n) is 5.85. The zero-order chi connectivity index (χ0) is 14.0. The lowest BCUT2D eigenvalue weighted by atomic mass is 10.1. The number of ether oxygens (including phenoxy) is 2. The lowest BCUT2D eigenvalue weighted by Crippen LogP contribution is -2.37. The highest BCUT2D eigenvalue weighted by molar-refractivity contribution is 6.01. The van der Waals surface area contributed by atoms with Crippen molar-refractivity contribution in [2.75, 3.05) is 6.61 Å². The molecule has 102 valence electrons. The van der Waals surface area contributed by atoms with Gasteiger partial charge in [0, 0.05) is 17.5 Å². The minimum atomic E-state index is -4.06. The Labute approximate surface area is 108 Å². The van der Waals surface area contributed by atoms with E-state index in [4.69, 9.17) is 0 Å². The predicted molar refractivity (Wildman–Crippen MR) is 61.3 cm³/mol. The van der Waals surface area contributed by atoms with Gasteiger partial charge in [0.2, 0.25) is 0 Å². The Morgan fingerprint density at radius 2 is 2.11 bits per heavy atom. The van der Waals surface area contributed by atoms with E-state index in [-0.39, 0.29) is 24.6 Å². The molecule has 19 heavy (non-hydrogen) atoms. The summed E-state index contributed by atoms with van der Waals surface area (Å²) >= 11 is 0. The highest BCUT2D eigenvalue weighted by atomic mass is 19.3. The quantitative estimate of drug-likeness (QED) is 0.788. The maximum atomic E-state index is 13.5. The molecule has 0 heterocycles. The highest BCUT2D eigenvalue weighted by Crippen LogP contribution is 2.33. The first-order chi connectivity index (χ1) is 8.95. The largest absolute Gasteiger partial charge is 0.502 e. The Kier molecular flexibility index (Phi) is 3.50. The maximum Gasteiger partial charge on any atom is 0.502 e. The van der Waals surface area contributed by atoms with Crippen LogP contribution < -0.4 is 4.74 Å². The zero-order valence-corrected chi connectivity index (χ0v) is 10.2. The van der Waals surface area contributed by atoms with E-state index in [1.807, 2.05) is 0 Å². The average molecular weight is 270 g/mol. The van der Waals surface area contributed by atoms with Gasteiger partial charge in [-0.3, -0.25) is 4.79 Å². The fraction of sp³-hybridized carbons (Fsp3) is 0.385.